The number of fused-ring (bicyclic) bond motifs is 1. The van der Waals surface area contributed by atoms with Crippen molar-refractivity contribution in [2.75, 3.05) is 39.7 Å². The maximum absolute atomic E-state index is 12.3. The molecule has 0 unspecified atom stereocenters. The Labute approximate surface area is 189 Å². The highest BCUT2D eigenvalue weighted by Gasteiger charge is 2.16. The molecule has 1 aliphatic rings. The molecule has 11 heteroatoms. The van der Waals surface area contributed by atoms with Gasteiger partial charge in [0.25, 0.3) is 0 Å². The lowest BCUT2D eigenvalue weighted by Gasteiger charge is -2.18. The zero-order chi connectivity index (χ0) is 22.3. The largest absolute Gasteiger partial charge is 0.493 e. The lowest BCUT2D eigenvalue weighted by Crippen LogP contribution is -2.27. The minimum atomic E-state index is -0.104. The van der Waals surface area contributed by atoms with Gasteiger partial charge < -0.3 is 24.3 Å². The predicted octanol–water partition coefficient (Wildman–Crippen LogP) is 1.90. The van der Waals surface area contributed by atoms with Gasteiger partial charge >= 0.3 is 0 Å². The number of benzene rings is 2. The van der Waals surface area contributed by atoms with Crippen LogP contribution in [0.4, 0.5) is 0 Å². The molecule has 2 heterocycles. The molecule has 0 saturated carbocycles. The third-order valence-corrected chi connectivity index (χ3v) is 5.65. The molecule has 0 atom stereocenters. The summed E-state index contributed by atoms with van der Waals surface area (Å²) in [4.78, 5) is 12.3. The molecule has 32 heavy (non-hydrogen) atoms. The van der Waals surface area contributed by atoms with Gasteiger partial charge in [0.05, 0.1) is 25.7 Å². The molecule has 0 spiro atoms. The first kappa shape index (κ1) is 21.8. The number of amides is 1. The highest BCUT2D eigenvalue weighted by atomic mass is 32.2. The minimum absolute atomic E-state index is 0.104. The Kier molecular flexibility index (Phi) is 6.95. The summed E-state index contributed by atoms with van der Waals surface area (Å²) in [5.74, 6) is 2.76. The first-order valence-corrected chi connectivity index (χ1v) is 11.0. The standard InChI is InChI=1S/C21H23N5O5S/c1-28-16-5-3-14(11-18(16)29-2)7-8-22-20(27)13-32-21-23-24-25-26(21)15-4-6-17-19(12-15)31-10-9-30-17/h3-6,11-12H,7-10,13H2,1-2H3,(H,22,27). The lowest BCUT2D eigenvalue weighted by atomic mass is 10.1. The van der Waals surface area contributed by atoms with E-state index in [4.69, 9.17) is 18.9 Å². The van der Waals surface area contributed by atoms with Gasteiger partial charge in [0.15, 0.2) is 23.0 Å². The van der Waals surface area contributed by atoms with Crippen molar-refractivity contribution in [3.63, 3.8) is 0 Å². The minimum Gasteiger partial charge on any atom is -0.493 e. The third-order valence-electron chi connectivity index (χ3n) is 4.73. The number of carbonyl (C=O) groups is 1. The average Bonchev–Trinajstić information content (AvgIpc) is 3.31. The van der Waals surface area contributed by atoms with E-state index in [0.717, 1.165) is 11.3 Å². The summed E-state index contributed by atoms with van der Waals surface area (Å²) in [5, 5.41) is 15.2. The molecule has 1 aliphatic heterocycles. The van der Waals surface area contributed by atoms with Crippen molar-refractivity contribution in [3.8, 4) is 28.7 Å². The van der Waals surface area contributed by atoms with Crippen LogP contribution in [0.5, 0.6) is 23.0 Å². The summed E-state index contributed by atoms with van der Waals surface area (Å²) in [5.41, 5.74) is 1.77. The van der Waals surface area contributed by atoms with Crippen LogP contribution in [0.15, 0.2) is 41.6 Å². The molecule has 1 amide bonds. The highest BCUT2D eigenvalue weighted by Crippen LogP contribution is 2.32. The molecule has 4 rings (SSSR count). The zero-order valence-electron chi connectivity index (χ0n) is 17.7. The van der Waals surface area contributed by atoms with Gasteiger partial charge in [-0.3, -0.25) is 4.79 Å². The van der Waals surface area contributed by atoms with E-state index in [1.54, 1.807) is 18.9 Å². The SMILES string of the molecule is COc1ccc(CCNC(=O)CSc2nnnn2-c2ccc3c(c2)OCCO3)cc1OC. The summed E-state index contributed by atoms with van der Waals surface area (Å²) in [6.45, 7) is 1.53. The van der Waals surface area contributed by atoms with Crippen molar-refractivity contribution in [2.45, 2.75) is 11.6 Å². The van der Waals surface area contributed by atoms with Gasteiger partial charge in [0.2, 0.25) is 11.1 Å². The Morgan fingerprint density at radius 1 is 1.09 bits per heavy atom. The van der Waals surface area contributed by atoms with Crippen molar-refractivity contribution in [2.24, 2.45) is 0 Å². The maximum atomic E-state index is 12.3. The van der Waals surface area contributed by atoms with Crippen molar-refractivity contribution in [1.29, 1.82) is 0 Å². The molecule has 3 aromatic rings. The zero-order valence-corrected chi connectivity index (χ0v) is 18.6. The van der Waals surface area contributed by atoms with Gasteiger partial charge in [-0.05, 0) is 46.7 Å². The second-order valence-corrected chi connectivity index (χ2v) is 7.72. The van der Waals surface area contributed by atoms with E-state index in [2.05, 4.69) is 20.8 Å². The molecule has 168 valence electrons. The van der Waals surface area contributed by atoms with Crippen molar-refractivity contribution >= 4 is 17.7 Å². The van der Waals surface area contributed by atoms with E-state index in [1.807, 2.05) is 36.4 Å². The number of rotatable bonds is 9. The number of tetrazole rings is 1. The number of hydrogen-bond donors (Lipinski definition) is 1. The summed E-state index contributed by atoms with van der Waals surface area (Å²) < 4.78 is 23.3. The molecule has 1 aromatic heterocycles. The van der Waals surface area contributed by atoms with Crippen LogP contribution in [0.1, 0.15) is 5.56 Å². The smallest absolute Gasteiger partial charge is 0.230 e. The second-order valence-electron chi connectivity index (χ2n) is 6.78. The van der Waals surface area contributed by atoms with Crippen LogP contribution < -0.4 is 24.3 Å². The normalized spacial score (nSPS) is 12.3. The summed E-state index contributed by atoms with van der Waals surface area (Å²) >= 11 is 1.26. The Bertz CT molecular complexity index is 1090. The number of ether oxygens (including phenoxy) is 4. The van der Waals surface area contributed by atoms with Crippen molar-refractivity contribution < 1.29 is 23.7 Å². The third kappa shape index (κ3) is 5.05. The van der Waals surface area contributed by atoms with E-state index in [9.17, 15) is 4.79 Å². The number of nitrogens with zero attached hydrogens (tertiary/aromatic N) is 4. The quantitative estimate of drug-likeness (QED) is 0.482. The van der Waals surface area contributed by atoms with Crippen LogP contribution in [-0.4, -0.2) is 65.8 Å². The number of hydrogen-bond acceptors (Lipinski definition) is 9. The summed E-state index contributed by atoms with van der Waals surface area (Å²) in [7, 11) is 3.19. The molecule has 1 N–H and O–H groups in total. The van der Waals surface area contributed by atoms with Gasteiger partial charge in [0, 0.05) is 12.6 Å². The first-order chi connectivity index (χ1) is 15.7. The Hall–Kier alpha value is -3.47. The van der Waals surface area contributed by atoms with Crippen molar-refractivity contribution in [3.05, 3.63) is 42.0 Å². The van der Waals surface area contributed by atoms with Crippen LogP contribution in [0.2, 0.25) is 0 Å². The van der Waals surface area contributed by atoms with Crippen LogP contribution in [0.3, 0.4) is 0 Å². The molecule has 0 aliphatic carbocycles. The molecule has 0 saturated heterocycles. The molecular weight excluding hydrogens is 434 g/mol. The molecule has 10 nitrogen and oxygen atoms in total. The van der Waals surface area contributed by atoms with Crippen LogP contribution >= 0.6 is 11.8 Å². The Morgan fingerprint density at radius 2 is 1.91 bits per heavy atom. The fraction of sp³-hybridized carbons (Fsp3) is 0.333. The number of thioether (sulfide) groups is 1. The van der Waals surface area contributed by atoms with Crippen molar-refractivity contribution in [1.82, 2.24) is 25.5 Å². The molecule has 0 radical (unpaired) electrons. The van der Waals surface area contributed by atoms with E-state index in [1.165, 1.54) is 11.8 Å². The molecular formula is C21H23N5O5S. The molecule has 0 bridgehead atoms. The van der Waals surface area contributed by atoms with E-state index in [0.29, 0.717) is 54.3 Å². The average molecular weight is 458 g/mol. The molecule has 2 aromatic carbocycles. The summed E-state index contributed by atoms with van der Waals surface area (Å²) in [6, 6.07) is 11.2. The van der Waals surface area contributed by atoms with Gasteiger partial charge in [-0.25, -0.2) is 0 Å². The second kappa shape index (κ2) is 10.2. The van der Waals surface area contributed by atoms with Gasteiger partial charge in [-0.1, -0.05) is 17.8 Å². The van der Waals surface area contributed by atoms with Gasteiger partial charge in [-0.15, -0.1) is 5.10 Å². The van der Waals surface area contributed by atoms with Gasteiger partial charge in [-0.2, -0.15) is 4.68 Å². The number of aromatic nitrogens is 4. The van der Waals surface area contributed by atoms with Crippen LogP contribution in [0.25, 0.3) is 5.69 Å². The number of nitrogens with one attached hydrogen (secondary N) is 1. The van der Waals surface area contributed by atoms with E-state index < -0.39 is 0 Å². The van der Waals surface area contributed by atoms with E-state index in [-0.39, 0.29) is 11.7 Å². The van der Waals surface area contributed by atoms with Crippen LogP contribution in [-0.2, 0) is 11.2 Å². The van der Waals surface area contributed by atoms with Crippen LogP contribution in [0, 0.1) is 0 Å². The number of methoxy groups -OCH3 is 2. The fourth-order valence-corrected chi connectivity index (χ4v) is 3.88. The van der Waals surface area contributed by atoms with E-state index >= 15 is 0 Å². The fourth-order valence-electron chi connectivity index (χ4n) is 3.16. The Morgan fingerprint density at radius 3 is 2.72 bits per heavy atom. The lowest BCUT2D eigenvalue weighted by molar-refractivity contribution is -0.118. The number of carbonyl (C=O) groups excluding carboxylic acids is 1. The topological polar surface area (TPSA) is 110 Å². The maximum Gasteiger partial charge on any atom is 0.230 e. The first-order valence-electron chi connectivity index (χ1n) is 9.96. The molecule has 0 fully saturated rings. The predicted molar refractivity (Wildman–Crippen MR) is 117 cm³/mol. The Balaban J connectivity index is 1.29. The van der Waals surface area contributed by atoms with Gasteiger partial charge in [0.1, 0.15) is 13.2 Å². The highest BCUT2D eigenvalue weighted by molar-refractivity contribution is 7.99. The summed E-state index contributed by atoms with van der Waals surface area (Å²) in [6.07, 6.45) is 0.672. The monoisotopic (exact) mass is 457 g/mol.